The van der Waals surface area contributed by atoms with Crippen LogP contribution >= 0.6 is 11.6 Å². The van der Waals surface area contributed by atoms with E-state index in [1.165, 1.54) is 21.3 Å². The molecule has 1 aliphatic carbocycles. The summed E-state index contributed by atoms with van der Waals surface area (Å²) < 4.78 is 7.19. The second kappa shape index (κ2) is 7.75. The molecule has 0 unspecified atom stereocenters. The van der Waals surface area contributed by atoms with Gasteiger partial charge in [-0.05, 0) is 34.9 Å². The fourth-order valence-corrected chi connectivity index (χ4v) is 5.41. The van der Waals surface area contributed by atoms with Gasteiger partial charge in [0.1, 0.15) is 18.3 Å². The van der Waals surface area contributed by atoms with Gasteiger partial charge in [-0.25, -0.2) is 4.98 Å². The maximum atomic E-state index is 10.4. The van der Waals surface area contributed by atoms with Crippen LogP contribution in [0.2, 0.25) is 5.28 Å². The number of aromatic nitrogens is 4. The van der Waals surface area contributed by atoms with Gasteiger partial charge in [-0.15, -0.1) is 0 Å². The fourth-order valence-electron chi connectivity index (χ4n) is 5.25. The van der Waals surface area contributed by atoms with Gasteiger partial charge in [-0.2, -0.15) is 9.97 Å². The topological polar surface area (TPSA) is 117 Å². The van der Waals surface area contributed by atoms with Crippen LogP contribution in [0, 0.1) is 5.41 Å². The van der Waals surface area contributed by atoms with E-state index in [2.05, 4.69) is 56.3 Å². The van der Waals surface area contributed by atoms with E-state index in [1.54, 1.807) is 0 Å². The van der Waals surface area contributed by atoms with Gasteiger partial charge in [0.05, 0.1) is 12.9 Å². The molecule has 2 fully saturated rings. The lowest BCUT2D eigenvalue weighted by atomic mass is 9.79. The van der Waals surface area contributed by atoms with Crippen LogP contribution in [0.4, 0.5) is 5.82 Å². The van der Waals surface area contributed by atoms with Crippen LogP contribution in [0.25, 0.3) is 23.3 Å². The molecule has 0 bridgehead atoms. The van der Waals surface area contributed by atoms with Crippen LogP contribution in [0.1, 0.15) is 19.1 Å². The highest BCUT2D eigenvalue weighted by atomic mass is 35.5. The van der Waals surface area contributed by atoms with E-state index in [0.29, 0.717) is 17.0 Å². The van der Waals surface area contributed by atoms with Crippen molar-refractivity contribution in [1.29, 1.82) is 0 Å². The lowest BCUT2D eigenvalue weighted by Crippen LogP contribution is -2.38. The van der Waals surface area contributed by atoms with E-state index in [1.807, 2.05) is 0 Å². The van der Waals surface area contributed by atoms with E-state index < -0.39 is 31.1 Å². The molecule has 3 N–H and O–H groups in total. The number of aliphatic hydroxyl groups is 3. The van der Waals surface area contributed by atoms with Crippen molar-refractivity contribution in [3.63, 3.8) is 0 Å². The third-order valence-electron chi connectivity index (χ3n) is 7.04. The third kappa shape index (κ3) is 3.34. The summed E-state index contributed by atoms with van der Waals surface area (Å²) in [5.74, 6) is 0.640. The number of nitrogens with zero attached hydrogens (tertiary/aromatic N) is 5. The van der Waals surface area contributed by atoms with Crippen LogP contribution in [0.5, 0.6) is 0 Å². The molecule has 0 amide bonds. The molecule has 6 rings (SSSR count). The Hall–Kier alpha value is -2.56. The number of hydrogen-bond donors (Lipinski definition) is 3. The minimum absolute atomic E-state index is 0.0483. The summed E-state index contributed by atoms with van der Waals surface area (Å²) in [6.07, 6.45) is 3.86. The van der Waals surface area contributed by atoms with E-state index in [0.717, 1.165) is 25.9 Å². The first-order valence-corrected chi connectivity index (χ1v) is 11.4. The molecule has 2 saturated heterocycles. The Kier molecular flexibility index (Phi) is 4.93. The second-order valence-corrected chi connectivity index (χ2v) is 9.35. The number of fused-ring (bicyclic) bond motifs is 2. The van der Waals surface area contributed by atoms with Crippen LogP contribution < -0.4 is 15.3 Å². The van der Waals surface area contributed by atoms with Crippen molar-refractivity contribution in [1.82, 2.24) is 19.5 Å². The monoisotopic (exact) mass is 469 g/mol. The Balaban J connectivity index is 1.31. The van der Waals surface area contributed by atoms with Crippen molar-refractivity contribution in [2.45, 2.75) is 37.4 Å². The van der Waals surface area contributed by atoms with E-state index >= 15 is 0 Å². The highest BCUT2D eigenvalue weighted by molar-refractivity contribution is 6.28. The zero-order valence-electron chi connectivity index (χ0n) is 17.8. The number of imidazole rings is 1. The molecule has 3 aliphatic rings. The Morgan fingerprint density at radius 2 is 1.76 bits per heavy atom. The molecule has 33 heavy (non-hydrogen) atoms. The summed E-state index contributed by atoms with van der Waals surface area (Å²) >= 11 is 6.29. The molecule has 10 heteroatoms. The molecule has 0 saturated carbocycles. The van der Waals surface area contributed by atoms with Gasteiger partial charge in [-0.1, -0.05) is 36.4 Å². The van der Waals surface area contributed by atoms with Crippen LogP contribution in [0.15, 0.2) is 30.6 Å². The Morgan fingerprint density at radius 3 is 2.39 bits per heavy atom. The van der Waals surface area contributed by atoms with Crippen LogP contribution in [0.3, 0.4) is 0 Å². The number of benzene rings is 1. The Labute approximate surface area is 194 Å². The summed E-state index contributed by atoms with van der Waals surface area (Å²) in [5.41, 5.74) is 1.01. The van der Waals surface area contributed by atoms with E-state index in [9.17, 15) is 15.3 Å². The predicted octanol–water partition coefficient (Wildman–Crippen LogP) is -0.0474. The maximum Gasteiger partial charge on any atom is 0.226 e. The quantitative estimate of drug-likeness (QED) is 0.457. The summed E-state index contributed by atoms with van der Waals surface area (Å²) in [4.78, 5) is 15.5. The van der Waals surface area contributed by atoms with E-state index in [4.69, 9.17) is 16.3 Å². The van der Waals surface area contributed by atoms with E-state index in [-0.39, 0.29) is 10.7 Å². The first-order chi connectivity index (χ1) is 16.0. The fraction of sp³-hybridized carbons (Fsp3) is 0.435. The number of hydrogen-bond acceptors (Lipinski definition) is 8. The Bertz CT molecular complexity index is 1300. The van der Waals surface area contributed by atoms with Crippen molar-refractivity contribution in [2.75, 3.05) is 24.6 Å². The molecule has 2 aliphatic heterocycles. The standard InChI is InChI=1S/C23H24ClN5O4/c24-22-26-19(28-7-5-23(6-8-28)9-13-3-1-2-4-14(13)10-23)16-20(27-22)29(12-25-16)21-18(32)17(31)15(11-30)33-21/h1-4,9-10,12,15,17-18,21,30-32H,5-8,11H2/t15-,17-,18-,21-/m1/s1. The lowest BCUT2D eigenvalue weighted by molar-refractivity contribution is -0.0511. The number of piperidine rings is 1. The molecule has 0 radical (unpaired) electrons. The van der Waals surface area contributed by atoms with Crippen molar-refractivity contribution < 1.29 is 20.1 Å². The van der Waals surface area contributed by atoms with Gasteiger partial charge in [0.2, 0.25) is 5.28 Å². The maximum absolute atomic E-state index is 10.4. The largest absolute Gasteiger partial charge is 0.394 e. The van der Waals surface area contributed by atoms with Crippen molar-refractivity contribution in [3.8, 4) is 0 Å². The first-order valence-electron chi connectivity index (χ1n) is 11.1. The number of anilines is 1. The van der Waals surface area contributed by atoms with Crippen molar-refractivity contribution in [2.24, 2.45) is 5.41 Å². The zero-order chi connectivity index (χ0) is 22.7. The summed E-state index contributed by atoms with van der Waals surface area (Å²) in [6.45, 7) is 1.16. The van der Waals surface area contributed by atoms with Gasteiger partial charge >= 0.3 is 0 Å². The molecular formula is C23H24ClN5O4. The first kappa shape index (κ1) is 21.0. The predicted molar refractivity (Wildman–Crippen MR) is 122 cm³/mol. The molecule has 172 valence electrons. The van der Waals surface area contributed by atoms with Crippen LogP contribution in [-0.4, -0.2) is 72.8 Å². The third-order valence-corrected chi connectivity index (χ3v) is 7.21. The van der Waals surface area contributed by atoms with Gasteiger partial charge in [0.25, 0.3) is 0 Å². The van der Waals surface area contributed by atoms with Gasteiger partial charge in [-0.3, -0.25) is 4.57 Å². The molecule has 2 aromatic heterocycles. The number of aliphatic hydroxyl groups excluding tert-OH is 3. The summed E-state index contributed by atoms with van der Waals surface area (Å²) in [7, 11) is 0. The van der Waals surface area contributed by atoms with Gasteiger partial charge in [0, 0.05) is 18.5 Å². The van der Waals surface area contributed by atoms with Crippen molar-refractivity contribution in [3.05, 3.63) is 46.3 Å². The Morgan fingerprint density at radius 1 is 1.06 bits per heavy atom. The summed E-state index contributed by atoms with van der Waals surface area (Å²) in [6, 6.07) is 8.45. The number of rotatable bonds is 3. The highest BCUT2D eigenvalue weighted by Gasteiger charge is 2.44. The average molecular weight is 470 g/mol. The smallest absolute Gasteiger partial charge is 0.226 e. The normalized spacial score (nSPS) is 28.2. The zero-order valence-corrected chi connectivity index (χ0v) is 18.5. The lowest BCUT2D eigenvalue weighted by Gasteiger charge is -2.37. The number of ether oxygens (including phenoxy) is 1. The molecule has 1 aromatic carbocycles. The molecule has 4 atom stereocenters. The van der Waals surface area contributed by atoms with Gasteiger partial charge < -0.3 is 25.0 Å². The molecular weight excluding hydrogens is 446 g/mol. The summed E-state index contributed by atoms with van der Waals surface area (Å²) in [5, 5.41) is 32.6. The molecule has 4 heterocycles. The average Bonchev–Trinajstić information content (AvgIpc) is 3.47. The molecule has 3 aromatic rings. The SMILES string of the molecule is OC[C@H]1O[C@@H](n2cnc3c(N4CCC5(C=c6ccccc6=C5)CC4)nc(Cl)nc32)[C@H](O)[C@@H]1O. The molecule has 1 spiro atoms. The minimum Gasteiger partial charge on any atom is -0.394 e. The van der Waals surface area contributed by atoms with Crippen molar-refractivity contribution >= 4 is 40.7 Å². The van der Waals surface area contributed by atoms with Gasteiger partial charge in [0.15, 0.2) is 23.2 Å². The highest BCUT2D eigenvalue weighted by Crippen LogP contribution is 2.39. The minimum atomic E-state index is -1.23. The van der Waals surface area contributed by atoms with Crippen LogP contribution in [-0.2, 0) is 4.74 Å². The molecule has 9 nitrogen and oxygen atoms in total. The number of halogens is 1. The second-order valence-electron chi connectivity index (χ2n) is 9.01.